The molecule has 0 saturated heterocycles. The summed E-state index contributed by atoms with van der Waals surface area (Å²) in [5.41, 5.74) is 4.12. The summed E-state index contributed by atoms with van der Waals surface area (Å²) in [6, 6.07) is 8.07. The van der Waals surface area contributed by atoms with Crippen molar-refractivity contribution in [3.05, 3.63) is 53.1 Å². The van der Waals surface area contributed by atoms with Crippen molar-refractivity contribution < 1.29 is 4.74 Å². The lowest BCUT2D eigenvalue weighted by Gasteiger charge is -2.21. The minimum atomic E-state index is 0.0153. The number of hydrogen-bond acceptors (Lipinski definition) is 4. The number of methoxy groups -OCH3 is 1. The van der Waals surface area contributed by atoms with Crippen molar-refractivity contribution in [3.8, 4) is 5.75 Å². The molecule has 112 valence electrons. The summed E-state index contributed by atoms with van der Waals surface area (Å²) < 4.78 is 5.47. The lowest BCUT2D eigenvalue weighted by Crippen LogP contribution is -2.25. The molecule has 0 bridgehead atoms. The van der Waals surface area contributed by atoms with Crippen LogP contribution >= 0.6 is 0 Å². The molecular weight excluding hydrogens is 262 g/mol. The third kappa shape index (κ3) is 3.79. The first kappa shape index (κ1) is 15.4. The second-order valence-corrected chi connectivity index (χ2v) is 5.16. The van der Waals surface area contributed by atoms with E-state index in [1.165, 1.54) is 5.56 Å². The van der Waals surface area contributed by atoms with Crippen molar-refractivity contribution in [2.75, 3.05) is 13.7 Å². The standard InChI is InChI=1S/C17H23N3O/c1-5-8-18-16(14-10-12(2)20-13(3)11-14)17-15(21-4)7-6-9-19-17/h6-7,9-11,16,18H,5,8H2,1-4H3. The molecule has 0 amide bonds. The largest absolute Gasteiger partial charge is 0.495 e. The van der Waals surface area contributed by atoms with Crippen LogP contribution in [-0.4, -0.2) is 23.6 Å². The molecule has 2 rings (SSSR count). The second-order valence-electron chi connectivity index (χ2n) is 5.16. The van der Waals surface area contributed by atoms with E-state index in [0.717, 1.165) is 35.8 Å². The Kier molecular flexibility index (Phi) is 5.28. The molecule has 0 fully saturated rings. The Morgan fingerprint density at radius 1 is 1.24 bits per heavy atom. The average Bonchev–Trinajstić information content (AvgIpc) is 2.47. The molecule has 0 saturated carbocycles. The summed E-state index contributed by atoms with van der Waals surface area (Å²) in [6.45, 7) is 7.11. The van der Waals surface area contributed by atoms with Crippen LogP contribution in [-0.2, 0) is 0 Å². The minimum Gasteiger partial charge on any atom is -0.495 e. The van der Waals surface area contributed by atoms with Gasteiger partial charge in [0.05, 0.1) is 13.2 Å². The van der Waals surface area contributed by atoms with Crippen molar-refractivity contribution in [2.24, 2.45) is 0 Å². The molecule has 0 spiro atoms. The molecule has 0 aliphatic carbocycles. The smallest absolute Gasteiger partial charge is 0.142 e. The van der Waals surface area contributed by atoms with Gasteiger partial charge in [0, 0.05) is 17.6 Å². The van der Waals surface area contributed by atoms with Gasteiger partial charge < -0.3 is 10.1 Å². The van der Waals surface area contributed by atoms with Gasteiger partial charge in [-0.2, -0.15) is 0 Å². The number of ether oxygens (including phenoxy) is 1. The highest BCUT2D eigenvalue weighted by Crippen LogP contribution is 2.28. The van der Waals surface area contributed by atoms with Crippen LogP contribution < -0.4 is 10.1 Å². The summed E-state index contributed by atoms with van der Waals surface area (Å²) in [6.07, 6.45) is 2.87. The molecule has 2 aromatic rings. The third-order valence-electron chi connectivity index (χ3n) is 3.33. The predicted octanol–water partition coefficient (Wildman–Crippen LogP) is 3.19. The fourth-order valence-electron chi connectivity index (χ4n) is 2.49. The summed E-state index contributed by atoms with van der Waals surface area (Å²) in [5, 5.41) is 3.56. The molecule has 2 heterocycles. The second kappa shape index (κ2) is 7.18. The molecule has 0 aliphatic heterocycles. The van der Waals surface area contributed by atoms with Crippen LogP contribution in [0.25, 0.3) is 0 Å². The number of hydrogen-bond donors (Lipinski definition) is 1. The zero-order valence-corrected chi connectivity index (χ0v) is 13.2. The van der Waals surface area contributed by atoms with Crippen LogP contribution in [0.2, 0.25) is 0 Å². The van der Waals surface area contributed by atoms with E-state index in [9.17, 15) is 0 Å². The quantitative estimate of drug-likeness (QED) is 0.885. The van der Waals surface area contributed by atoms with Gasteiger partial charge in [-0.1, -0.05) is 6.92 Å². The van der Waals surface area contributed by atoms with E-state index < -0.39 is 0 Å². The van der Waals surface area contributed by atoms with Gasteiger partial charge in [-0.05, 0) is 56.6 Å². The number of rotatable bonds is 6. The fraction of sp³-hybridized carbons (Fsp3) is 0.412. The van der Waals surface area contributed by atoms with Crippen molar-refractivity contribution in [1.29, 1.82) is 0 Å². The number of aromatic nitrogens is 2. The summed E-state index contributed by atoms with van der Waals surface area (Å²) >= 11 is 0. The average molecular weight is 285 g/mol. The molecule has 0 aliphatic rings. The molecule has 1 N–H and O–H groups in total. The van der Waals surface area contributed by atoms with Gasteiger partial charge in [-0.25, -0.2) is 0 Å². The first-order chi connectivity index (χ1) is 10.2. The lowest BCUT2D eigenvalue weighted by molar-refractivity contribution is 0.399. The maximum Gasteiger partial charge on any atom is 0.142 e. The fourth-order valence-corrected chi connectivity index (χ4v) is 2.49. The van der Waals surface area contributed by atoms with Gasteiger partial charge in [0.2, 0.25) is 0 Å². The number of pyridine rings is 2. The molecule has 0 aromatic carbocycles. The zero-order chi connectivity index (χ0) is 15.2. The number of nitrogens with zero attached hydrogens (tertiary/aromatic N) is 2. The first-order valence-electron chi connectivity index (χ1n) is 7.33. The summed E-state index contributed by atoms with van der Waals surface area (Å²) in [4.78, 5) is 8.98. The van der Waals surface area contributed by atoms with Gasteiger partial charge in [0.25, 0.3) is 0 Å². The Morgan fingerprint density at radius 3 is 2.57 bits per heavy atom. The Morgan fingerprint density at radius 2 is 1.95 bits per heavy atom. The van der Waals surface area contributed by atoms with Gasteiger partial charge in [-0.15, -0.1) is 0 Å². The summed E-state index contributed by atoms with van der Waals surface area (Å²) in [5.74, 6) is 0.804. The Bertz CT molecular complexity index is 578. The maximum absolute atomic E-state index is 5.47. The highest BCUT2D eigenvalue weighted by Gasteiger charge is 2.19. The molecule has 4 heteroatoms. The van der Waals surface area contributed by atoms with Crippen molar-refractivity contribution >= 4 is 0 Å². The first-order valence-corrected chi connectivity index (χ1v) is 7.33. The monoisotopic (exact) mass is 285 g/mol. The van der Waals surface area contributed by atoms with Crippen molar-refractivity contribution in [3.63, 3.8) is 0 Å². The Hall–Kier alpha value is -1.94. The number of aryl methyl sites for hydroxylation is 2. The predicted molar refractivity (Wildman–Crippen MR) is 84.6 cm³/mol. The van der Waals surface area contributed by atoms with Crippen LogP contribution in [0.5, 0.6) is 5.75 Å². The Labute approximate surface area is 126 Å². The zero-order valence-electron chi connectivity index (χ0n) is 13.2. The van der Waals surface area contributed by atoms with Crippen LogP contribution in [0.15, 0.2) is 30.5 Å². The normalized spacial score (nSPS) is 12.2. The van der Waals surface area contributed by atoms with E-state index in [1.54, 1.807) is 13.3 Å². The maximum atomic E-state index is 5.47. The molecular formula is C17H23N3O. The van der Waals surface area contributed by atoms with Crippen LogP contribution in [0.1, 0.15) is 42.0 Å². The van der Waals surface area contributed by atoms with E-state index in [1.807, 2.05) is 26.0 Å². The van der Waals surface area contributed by atoms with E-state index in [2.05, 4.69) is 34.3 Å². The van der Waals surface area contributed by atoms with Gasteiger partial charge in [0.15, 0.2) is 0 Å². The lowest BCUT2D eigenvalue weighted by atomic mass is 10.0. The molecule has 4 nitrogen and oxygen atoms in total. The van der Waals surface area contributed by atoms with E-state index >= 15 is 0 Å². The molecule has 0 radical (unpaired) electrons. The summed E-state index contributed by atoms with van der Waals surface area (Å²) in [7, 11) is 1.68. The molecule has 2 aromatic heterocycles. The Balaban J connectivity index is 2.46. The van der Waals surface area contributed by atoms with Crippen molar-refractivity contribution in [1.82, 2.24) is 15.3 Å². The third-order valence-corrected chi connectivity index (χ3v) is 3.33. The van der Waals surface area contributed by atoms with Crippen LogP contribution in [0.4, 0.5) is 0 Å². The van der Waals surface area contributed by atoms with E-state index in [4.69, 9.17) is 4.74 Å². The van der Waals surface area contributed by atoms with Gasteiger partial charge in [-0.3, -0.25) is 9.97 Å². The minimum absolute atomic E-state index is 0.0153. The van der Waals surface area contributed by atoms with E-state index in [-0.39, 0.29) is 6.04 Å². The van der Waals surface area contributed by atoms with Crippen molar-refractivity contribution in [2.45, 2.75) is 33.2 Å². The van der Waals surface area contributed by atoms with Gasteiger partial charge >= 0.3 is 0 Å². The highest BCUT2D eigenvalue weighted by atomic mass is 16.5. The number of nitrogens with one attached hydrogen (secondary N) is 1. The van der Waals surface area contributed by atoms with Crippen LogP contribution in [0, 0.1) is 13.8 Å². The van der Waals surface area contributed by atoms with E-state index in [0.29, 0.717) is 0 Å². The molecule has 1 atom stereocenters. The van der Waals surface area contributed by atoms with Crippen LogP contribution in [0.3, 0.4) is 0 Å². The van der Waals surface area contributed by atoms with Gasteiger partial charge in [0.1, 0.15) is 11.4 Å². The molecule has 1 unspecified atom stereocenters. The molecule has 21 heavy (non-hydrogen) atoms. The highest BCUT2D eigenvalue weighted by molar-refractivity contribution is 5.37. The topological polar surface area (TPSA) is 47.0 Å². The SMILES string of the molecule is CCCNC(c1cc(C)nc(C)c1)c1ncccc1OC.